The molecule has 4 rings (SSSR count). The van der Waals surface area contributed by atoms with Gasteiger partial charge in [0, 0.05) is 43.4 Å². The summed E-state index contributed by atoms with van der Waals surface area (Å²) < 4.78 is 2.97. The van der Waals surface area contributed by atoms with Crippen molar-refractivity contribution >= 4 is 39.1 Å². The number of carbonyl (C=O) groups is 1. The Morgan fingerprint density at radius 3 is 2.77 bits per heavy atom. The van der Waals surface area contributed by atoms with Gasteiger partial charge in [0.1, 0.15) is 5.65 Å². The molecule has 1 aliphatic heterocycles. The lowest BCUT2D eigenvalue weighted by atomic mass is 10.1. The highest BCUT2D eigenvalue weighted by atomic mass is 79.9. The number of piperazine rings is 1. The first-order valence-corrected chi connectivity index (χ1v) is 9.66. The summed E-state index contributed by atoms with van der Waals surface area (Å²) in [5.41, 5.74) is 2.67. The number of aromatic nitrogens is 2. The zero-order valence-corrected chi connectivity index (χ0v) is 16.4. The third kappa shape index (κ3) is 3.49. The van der Waals surface area contributed by atoms with Crippen molar-refractivity contribution in [3.8, 4) is 0 Å². The van der Waals surface area contributed by atoms with E-state index in [-0.39, 0.29) is 5.91 Å². The Labute approximate surface area is 165 Å². The van der Waals surface area contributed by atoms with Crippen molar-refractivity contribution in [2.45, 2.75) is 6.54 Å². The van der Waals surface area contributed by atoms with Crippen molar-refractivity contribution in [3.63, 3.8) is 0 Å². The molecule has 134 valence electrons. The van der Waals surface area contributed by atoms with Gasteiger partial charge in [0.25, 0.3) is 5.91 Å². The maximum atomic E-state index is 12.8. The fourth-order valence-corrected chi connectivity index (χ4v) is 3.83. The number of amides is 1. The largest absolute Gasteiger partial charge is 0.336 e. The minimum atomic E-state index is -0.00856. The molecule has 1 aromatic carbocycles. The molecule has 0 bridgehead atoms. The first-order chi connectivity index (χ1) is 12.6. The molecule has 1 fully saturated rings. The zero-order valence-electron chi connectivity index (χ0n) is 14.1. The van der Waals surface area contributed by atoms with Crippen LogP contribution in [0.2, 0.25) is 5.02 Å². The van der Waals surface area contributed by atoms with Crippen LogP contribution in [0.3, 0.4) is 0 Å². The molecule has 0 spiro atoms. The molecular weight excluding hydrogens is 416 g/mol. The summed E-state index contributed by atoms with van der Waals surface area (Å²) in [4.78, 5) is 21.4. The molecule has 1 amide bonds. The average Bonchev–Trinajstić information content (AvgIpc) is 3.07. The van der Waals surface area contributed by atoms with Gasteiger partial charge in [0.05, 0.1) is 22.5 Å². The highest BCUT2D eigenvalue weighted by Crippen LogP contribution is 2.23. The quantitative estimate of drug-likeness (QED) is 0.632. The number of imidazole rings is 1. The van der Waals surface area contributed by atoms with Crippen LogP contribution in [0.5, 0.6) is 0 Å². The Balaban J connectivity index is 1.41. The molecule has 7 heteroatoms. The number of pyridine rings is 1. The molecular formula is C19H18BrClN4O. The molecule has 5 nitrogen and oxygen atoms in total. The standard InChI is InChI=1S/C19H18BrClN4O/c20-14-4-5-17(21)16(11-14)19(26)24-9-7-23(8-10-24)13-15-12-22-18-3-1-2-6-25(15)18/h1-6,11-12H,7-10,13H2. The van der Waals surface area contributed by atoms with Crippen LogP contribution in [0.25, 0.3) is 5.65 Å². The van der Waals surface area contributed by atoms with Gasteiger partial charge in [-0.2, -0.15) is 0 Å². The van der Waals surface area contributed by atoms with Crippen molar-refractivity contribution < 1.29 is 4.79 Å². The summed E-state index contributed by atoms with van der Waals surface area (Å²) >= 11 is 9.61. The van der Waals surface area contributed by atoms with Gasteiger partial charge in [0.15, 0.2) is 0 Å². The Kier molecular flexibility index (Phi) is 4.98. The van der Waals surface area contributed by atoms with Crippen LogP contribution in [0.4, 0.5) is 0 Å². The van der Waals surface area contributed by atoms with Crippen molar-refractivity contribution in [2.24, 2.45) is 0 Å². The minimum Gasteiger partial charge on any atom is -0.336 e. The molecule has 0 radical (unpaired) electrons. The molecule has 26 heavy (non-hydrogen) atoms. The van der Waals surface area contributed by atoms with E-state index in [4.69, 9.17) is 11.6 Å². The average molecular weight is 434 g/mol. The second-order valence-electron chi connectivity index (χ2n) is 6.37. The van der Waals surface area contributed by atoms with Gasteiger partial charge in [-0.15, -0.1) is 0 Å². The summed E-state index contributed by atoms with van der Waals surface area (Å²) in [6.45, 7) is 3.87. The van der Waals surface area contributed by atoms with Crippen LogP contribution in [-0.4, -0.2) is 51.3 Å². The Morgan fingerprint density at radius 1 is 1.15 bits per heavy atom. The first kappa shape index (κ1) is 17.5. The van der Waals surface area contributed by atoms with E-state index in [9.17, 15) is 4.79 Å². The fourth-order valence-electron chi connectivity index (χ4n) is 3.27. The third-order valence-corrected chi connectivity index (χ3v) is 5.52. The van der Waals surface area contributed by atoms with Crippen LogP contribution in [-0.2, 0) is 6.54 Å². The summed E-state index contributed by atoms with van der Waals surface area (Å²) in [6.07, 6.45) is 3.96. The first-order valence-electron chi connectivity index (χ1n) is 8.49. The molecule has 2 aromatic heterocycles. The predicted molar refractivity (Wildman–Crippen MR) is 106 cm³/mol. The molecule has 1 saturated heterocycles. The van der Waals surface area contributed by atoms with E-state index in [0.717, 1.165) is 35.4 Å². The SMILES string of the molecule is O=C(c1cc(Br)ccc1Cl)N1CCN(Cc2cnc3ccccn23)CC1. The number of benzene rings is 1. The van der Waals surface area contributed by atoms with Crippen molar-refractivity contribution in [1.29, 1.82) is 0 Å². The van der Waals surface area contributed by atoms with Gasteiger partial charge in [-0.25, -0.2) is 4.98 Å². The number of fused-ring (bicyclic) bond motifs is 1. The lowest BCUT2D eigenvalue weighted by Crippen LogP contribution is -2.48. The maximum absolute atomic E-state index is 12.8. The van der Waals surface area contributed by atoms with E-state index in [1.54, 1.807) is 12.1 Å². The molecule has 3 aromatic rings. The molecule has 0 unspecified atom stereocenters. The lowest BCUT2D eigenvalue weighted by Gasteiger charge is -2.34. The topological polar surface area (TPSA) is 40.9 Å². The smallest absolute Gasteiger partial charge is 0.255 e. The summed E-state index contributed by atoms with van der Waals surface area (Å²) in [6, 6.07) is 11.4. The second kappa shape index (κ2) is 7.39. The monoisotopic (exact) mass is 432 g/mol. The highest BCUT2D eigenvalue weighted by molar-refractivity contribution is 9.10. The van der Waals surface area contributed by atoms with E-state index in [0.29, 0.717) is 23.7 Å². The number of rotatable bonds is 3. The number of carbonyl (C=O) groups excluding carboxylic acids is 1. The molecule has 0 N–H and O–H groups in total. The van der Waals surface area contributed by atoms with Crippen molar-refractivity contribution in [3.05, 3.63) is 69.5 Å². The Morgan fingerprint density at radius 2 is 1.96 bits per heavy atom. The van der Waals surface area contributed by atoms with Crippen LogP contribution < -0.4 is 0 Å². The van der Waals surface area contributed by atoms with Crippen LogP contribution in [0.15, 0.2) is 53.3 Å². The highest BCUT2D eigenvalue weighted by Gasteiger charge is 2.24. The van der Waals surface area contributed by atoms with Gasteiger partial charge in [0.2, 0.25) is 0 Å². The third-order valence-electron chi connectivity index (χ3n) is 4.70. The number of hydrogen-bond acceptors (Lipinski definition) is 3. The van der Waals surface area contributed by atoms with E-state index >= 15 is 0 Å². The van der Waals surface area contributed by atoms with Crippen LogP contribution in [0, 0.1) is 0 Å². The number of halogens is 2. The zero-order chi connectivity index (χ0) is 18.1. The molecule has 0 aliphatic carbocycles. The Bertz CT molecular complexity index is 950. The maximum Gasteiger partial charge on any atom is 0.255 e. The number of nitrogens with zero attached hydrogens (tertiary/aromatic N) is 4. The van der Waals surface area contributed by atoms with E-state index in [1.807, 2.05) is 41.6 Å². The molecule has 0 saturated carbocycles. The predicted octanol–water partition coefficient (Wildman–Crippen LogP) is 3.71. The van der Waals surface area contributed by atoms with Crippen molar-refractivity contribution in [1.82, 2.24) is 19.2 Å². The summed E-state index contributed by atoms with van der Waals surface area (Å²) in [5, 5.41) is 0.492. The normalized spacial score (nSPS) is 15.5. The number of hydrogen-bond donors (Lipinski definition) is 0. The fraction of sp³-hybridized carbons (Fsp3) is 0.263. The summed E-state index contributed by atoms with van der Waals surface area (Å²) in [7, 11) is 0. The lowest BCUT2D eigenvalue weighted by molar-refractivity contribution is 0.0627. The minimum absolute atomic E-state index is 0.00856. The molecule has 1 aliphatic rings. The summed E-state index contributed by atoms with van der Waals surface area (Å²) in [5.74, 6) is -0.00856. The van der Waals surface area contributed by atoms with E-state index in [1.165, 1.54) is 0 Å². The van der Waals surface area contributed by atoms with Gasteiger partial charge < -0.3 is 9.30 Å². The van der Waals surface area contributed by atoms with Gasteiger partial charge in [-0.1, -0.05) is 33.6 Å². The van der Waals surface area contributed by atoms with Gasteiger partial charge in [-0.3, -0.25) is 9.69 Å². The van der Waals surface area contributed by atoms with Crippen LogP contribution >= 0.6 is 27.5 Å². The molecule has 0 atom stereocenters. The van der Waals surface area contributed by atoms with Crippen molar-refractivity contribution in [2.75, 3.05) is 26.2 Å². The second-order valence-corrected chi connectivity index (χ2v) is 7.69. The van der Waals surface area contributed by atoms with Crippen LogP contribution in [0.1, 0.15) is 16.1 Å². The van der Waals surface area contributed by atoms with E-state index < -0.39 is 0 Å². The molecule has 3 heterocycles. The van der Waals surface area contributed by atoms with Gasteiger partial charge in [-0.05, 0) is 30.3 Å². The van der Waals surface area contributed by atoms with Gasteiger partial charge >= 0.3 is 0 Å². The van der Waals surface area contributed by atoms with E-state index in [2.05, 4.69) is 30.2 Å². The Hall–Kier alpha value is -1.89.